The fourth-order valence-electron chi connectivity index (χ4n) is 4.08. The maximum Gasteiger partial charge on any atom is 0.335 e. The number of aromatic carboxylic acids is 1. The van der Waals surface area contributed by atoms with Gasteiger partial charge in [-0.15, -0.1) is 0 Å². The number of halogens is 1. The van der Waals surface area contributed by atoms with Crippen molar-refractivity contribution < 1.29 is 23.9 Å². The summed E-state index contributed by atoms with van der Waals surface area (Å²) in [4.78, 5) is 37.2. The number of hydrogen-bond acceptors (Lipinski definition) is 5. The highest BCUT2D eigenvalue weighted by molar-refractivity contribution is 6.34. The number of anilines is 1. The number of carbonyl (C=O) groups is 3. The van der Waals surface area contributed by atoms with Crippen molar-refractivity contribution in [2.75, 3.05) is 5.01 Å². The molecular weight excluding hydrogens is 530 g/mol. The molecule has 1 aliphatic heterocycles. The van der Waals surface area contributed by atoms with Crippen LogP contribution in [-0.2, 0) is 11.3 Å². The average Bonchev–Trinajstić information content (AvgIpc) is 3.53. The Bertz CT molecular complexity index is 1660. The number of carboxylic acids is 1. The van der Waals surface area contributed by atoms with E-state index in [9.17, 15) is 19.5 Å². The molecule has 1 aliphatic rings. The quantitative estimate of drug-likeness (QED) is 0.247. The predicted molar refractivity (Wildman–Crippen MR) is 155 cm³/mol. The molecule has 5 rings (SSSR count). The van der Waals surface area contributed by atoms with Crippen molar-refractivity contribution in [1.82, 2.24) is 5.32 Å². The zero-order valence-corrected chi connectivity index (χ0v) is 21.5. The molecule has 2 amide bonds. The Hall–Kier alpha value is -4.95. The molecule has 40 heavy (non-hydrogen) atoms. The van der Waals surface area contributed by atoms with Gasteiger partial charge >= 0.3 is 5.97 Å². The largest absolute Gasteiger partial charge is 0.478 e. The standard InChI is InChI=1S/C30H22ClN3O5.CH4/c1-18-24(29(36)34(33-18)22-9-5-8-21(14-22)30(37)38)16-23-11-13-27(39-23)20-10-12-26(31)25(15-20)28(35)32-17-19-6-3-2-4-7-19;/h2-16H,17H2,1H3,(H,32,35)(H,37,38);1H4/b24-16-;. The SMILES string of the molecule is C.CC1=NN(c2cccc(C(=O)O)c2)C(=O)/C1=C\c1ccc(-c2ccc(Cl)c(C(=O)NCc3ccccc3)c2)o1. The molecule has 0 saturated carbocycles. The van der Waals surface area contributed by atoms with E-state index in [1.165, 1.54) is 12.1 Å². The normalized spacial score (nSPS) is 13.7. The van der Waals surface area contributed by atoms with Crippen molar-refractivity contribution >= 4 is 46.9 Å². The number of furan rings is 1. The molecular formula is C31H26ClN3O5. The summed E-state index contributed by atoms with van der Waals surface area (Å²) in [6.45, 7) is 2.05. The van der Waals surface area contributed by atoms with Crippen LogP contribution in [-0.4, -0.2) is 28.6 Å². The van der Waals surface area contributed by atoms with Crippen LogP contribution in [0.3, 0.4) is 0 Å². The van der Waals surface area contributed by atoms with E-state index in [1.807, 2.05) is 30.3 Å². The number of hydrazone groups is 1. The maximum absolute atomic E-state index is 13.1. The first kappa shape index (κ1) is 28.1. The van der Waals surface area contributed by atoms with Crippen LogP contribution in [0, 0.1) is 0 Å². The Morgan fingerprint density at radius 1 is 1.02 bits per heavy atom. The number of carboxylic acid groups (broad SMARTS) is 1. The van der Waals surface area contributed by atoms with Gasteiger partial charge in [0.1, 0.15) is 11.5 Å². The van der Waals surface area contributed by atoms with E-state index < -0.39 is 11.9 Å². The van der Waals surface area contributed by atoms with E-state index in [4.69, 9.17) is 16.0 Å². The molecule has 0 spiro atoms. The van der Waals surface area contributed by atoms with Gasteiger partial charge in [0.2, 0.25) is 0 Å². The molecule has 0 atom stereocenters. The second-order valence-corrected chi connectivity index (χ2v) is 9.19. The minimum Gasteiger partial charge on any atom is -0.478 e. The van der Waals surface area contributed by atoms with Gasteiger partial charge in [-0.1, -0.05) is 55.4 Å². The minimum absolute atomic E-state index is 0. The smallest absolute Gasteiger partial charge is 0.335 e. The fourth-order valence-corrected chi connectivity index (χ4v) is 4.29. The summed E-state index contributed by atoms with van der Waals surface area (Å²) < 4.78 is 5.97. The van der Waals surface area contributed by atoms with Crippen LogP contribution in [0.15, 0.2) is 100 Å². The fraction of sp³-hybridized carbons (Fsp3) is 0.0968. The van der Waals surface area contributed by atoms with E-state index in [-0.39, 0.29) is 18.9 Å². The summed E-state index contributed by atoms with van der Waals surface area (Å²) in [6.07, 6.45) is 1.58. The van der Waals surface area contributed by atoms with E-state index in [2.05, 4.69) is 10.4 Å². The highest BCUT2D eigenvalue weighted by Crippen LogP contribution is 2.30. The van der Waals surface area contributed by atoms with Crippen molar-refractivity contribution in [1.29, 1.82) is 0 Å². The zero-order chi connectivity index (χ0) is 27.5. The number of carbonyl (C=O) groups excluding carboxylic acids is 2. The Kier molecular flexibility index (Phi) is 8.31. The number of nitrogens with zero attached hydrogens (tertiary/aromatic N) is 2. The molecule has 1 aromatic heterocycles. The Labute approximate surface area is 236 Å². The third-order valence-corrected chi connectivity index (χ3v) is 6.43. The van der Waals surface area contributed by atoms with E-state index in [0.29, 0.717) is 51.2 Å². The second kappa shape index (κ2) is 11.8. The lowest BCUT2D eigenvalue weighted by Crippen LogP contribution is -2.23. The third-order valence-electron chi connectivity index (χ3n) is 6.11. The first-order chi connectivity index (χ1) is 18.8. The number of nitrogens with one attached hydrogen (secondary N) is 1. The topological polar surface area (TPSA) is 112 Å². The van der Waals surface area contributed by atoms with Crippen molar-refractivity contribution in [3.05, 3.63) is 118 Å². The molecule has 3 aromatic carbocycles. The third kappa shape index (κ3) is 5.87. The Morgan fingerprint density at radius 2 is 1.80 bits per heavy atom. The lowest BCUT2D eigenvalue weighted by Gasteiger charge is -2.12. The summed E-state index contributed by atoms with van der Waals surface area (Å²) in [5.41, 5.74) is 3.10. The van der Waals surface area contributed by atoms with Gasteiger partial charge < -0.3 is 14.8 Å². The average molecular weight is 556 g/mol. The van der Waals surface area contributed by atoms with Gasteiger partial charge in [0.05, 0.1) is 33.1 Å². The van der Waals surface area contributed by atoms with Crippen LogP contribution in [0.2, 0.25) is 5.02 Å². The first-order valence-corrected chi connectivity index (χ1v) is 12.3. The Balaban J connectivity index is 0.00000370. The van der Waals surface area contributed by atoms with Crippen LogP contribution in [0.1, 0.15) is 46.4 Å². The van der Waals surface area contributed by atoms with Crippen molar-refractivity contribution in [2.45, 2.75) is 20.9 Å². The van der Waals surface area contributed by atoms with Crippen LogP contribution >= 0.6 is 11.6 Å². The molecule has 8 nitrogen and oxygen atoms in total. The van der Waals surface area contributed by atoms with Gasteiger partial charge in [-0.25, -0.2) is 4.79 Å². The second-order valence-electron chi connectivity index (χ2n) is 8.78. The predicted octanol–water partition coefficient (Wildman–Crippen LogP) is 6.67. The van der Waals surface area contributed by atoms with Crippen LogP contribution < -0.4 is 10.3 Å². The molecule has 4 aromatic rings. The molecule has 0 radical (unpaired) electrons. The summed E-state index contributed by atoms with van der Waals surface area (Å²) in [5.74, 6) is -0.912. The first-order valence-electron chi connectivity index (χ1n) is 12.0. The molecule has 0 unspecified atom stereocenters. The lowest BCUT2D eigenvalue weighted by atomic mass is 10.1. The van der Waals surface area contributed by atoms with Gasteiger partial charge in [-0.3, -0.25) is 9.59 Å². The van der Waals surface area contributed by atoms with E-state index >= 15 is 0 Å². The molecule has 202 valence electrons. The van der Waals surface area contributed by atoms with Crippen molar-refractivity contribution in [3.8, 4) is 11.3 Å². The number of rotatable bonds is 7. The number of amides is 2. The molecule has 0 bridgehead atoms. The molecule has 0 aliphatic carbocycles. The van der Waals surface area contributed by atoms with Gasteiger partial charge in [-0.2, -0.15) is 10.1 Å². The summed E-state index contributed by atoms with van der Waals surface area (Å²) in [6, 6.07) is 24.0. The minimum atomic E-state index is -1.10. The molecule has 9 heteroatoms. The van der Waals surface area contributed by atoms with E-state index in [1.54, 1.807) is 55.5 Å². The van der Waals surface area contributed by atoms with Crippen LogP contribution in [0.4, 0.5) is 5.69 Å². The van der Waals surface area contributed by atoms with E-state index in [0.717, 1.165) is 10.6 Å². The Morgan fingerprint density at radius 3 is 2.55 bits per heavy atom. The maximum atomic E-state index is 13.1. The number of hydrogen-bond donors (Lipinski definition) is 2. The monoisotopic (exact) mass is 555 g/mol. The number of benzene rings is 3. The van der Waals surface area contributed by atoms with Crippen molar-refractivity contribution in [3.63, 3.8) is 0 Å². The highest BCUT2D eigenvalue weighted by Gasteiger charge is 2.29. The van der Waals surface area contributed by atoms with Gasteiger partial charge in [-0.05, 0) is 67.1 Å². The van der Waals surface area contributed by atoms with Crippen LogP contribution in [0.5, 0.6) is 0 Å². The van der Waals surface area contributed by atoms with Crippen LogP contribution in [0.25, 0.3) is 17.4 Å². The molecule has 0 fully saturated rings. The summed E-state index contributed by atoms with van der Waals surface area (Å²) in [7, 11) is 0. The van der Waals surface area contributed by atoms with Gasteiger partial charge in [0.15, 0.2) is 0 Å². The summed E-state index contributed by atoms with van der Waals surface area (Å²) >= 11 is 6.31. The zero-order valence-electron chi connectivity index (χ0n) is 20.7. The molecule has 2 heterocycles. The molecule has 0 saturated heterocycles. The lowest BCUT2D eigenvalue weighted by molar-refractivity contribution is -0.114. The van der Waals surface area contributed by atoms with Gasteiger partial charge in [0.25, 0.3) is 11.8 Å². The summed E-state index contributed by atoms with van der Waals surface area (Å²) in [5, 5.41) is 17.9. The van der Waals surface area contributed by atoms with Crippen molar-refractivity contribution in [2.24, 2.45) is 5.10 Å². The highest BCUT2D eigenvalue weighted by atomic mass is 35.5. The van der Waals surface area contributed by atoms with Gasteiger partial charge in [0, 0.05) is 12.1 Å². The molecule has 2 N–H and O–H groups in total.